The molecule has 1 fully saturated rings. The smallest absolute Gasteiger partial charge is 0.145 e. The maximum absolute atomic E-state index is 4.47. The van der Waals surface area contributed by atoms with Gasteiger partial charge in [0, 0.05) is 24.8 Å². The number of halogens is 1. The van der Waals surface area contributed by atoms with E-state index in [1.807, 2.05) is 31.7 Å². The molecule has 0 aromatic carbocycles. The molecule has 2 aromatic heterocycles. The van der Waals surface area contributed by atoms with Crippen molar-refractivity contribution in [3.05, 3.63) is 46.5 Å². The minimum absolute atomic E-state index is 0.261. The highest BCUT2D eigenvalue weighted by Gasteiger charge is 2.26. The van der Waals surface area contributed by atoms with Crippen LogP contribution in [0.2, 0.25) is 0 Å². The number of aryl methyl sites for hydroxylation is 1. The molecule has 1 aliphatic heterocycles. The number of rotatable bonds is 3. The fraction of sp³-hybridized carbons (Fsp3) is 0.467. The molecular weight excluding hydrogens is 330 g/mol. The Hall–Kier alpha value is -1.40. The van der Waals surface area contributed by atoms with E-state index in [0.717, 1.165) is 41.2 Å². The lowest BCUT2D eigenvalue weighted by Gasteiger charge is -2.34. The van der Waals surface area contributed by atoms with Gasteiger partial charge < -0.3 is 0 Å². The summed E-state index contributed by atoms with van der Waals surface area (Å²) in [5.41, 5.74) is 1.09. The molecule has 0 saturated carbocycles. The summed E-state index contributed by atoms with van der Waals surface area (Å²) < 4.78 is 0.912. The van der Waals surface area contributed by atoms with E-state index in [1.165, 1.54) is 12.8 Å². The first kappa shape index (κ1) is 14.5. The van der Waals surface area contributed by atoms with E-state index in [2.05, 4.69) is 40.8 Å². The highest BCUT2D eigenvalue weighted by atomic mass is 79.9. The first-order chi connectivity index (χ1) is 10.2. The summed E-state index contributed by atoms with van der Waals surface area (Å²) in [6, 6.07) is 0.261. The van der Waals surface area contributed by atoms with E-state index in [-0.39, 0.29) is 6.04 Å². The van der Waals surface area contributed by atoms with Crippen LogP contribution in [-0.4, -0.2) is 31.4 Å². The van der Waals surface area contributed by atoms with Crippen LogP contribution in [0.5, 0.6) is 0 Å². The lowest BCUT2D eigenvalue weighted by Crippen LogP contribution is -2.34. The number of nitrogens with zero attached hydrogens (tertiary/aromatic N) is 5. The van der Waals surface area contributed by atoms with Crippen LogP contribution in [0.4, 0.5) is 0 Å². The summed E-state index contributed by atoms with van der Waals surface area (Å²) in [6.07, 6.45) is 10.9. The highest BCUT2D eigenvalue weighted by molar-refractivity contribution is 9.10. The maximum atomic E-state index is 4.47. The van der Waals surface area contributed by atoms with Gasteiger partial charge in [0.1, 0.15) is 11.6 Å². The van der Waals surface area contributed by atoms with Crippen molar-refractivity contribution in [1.29, 1.82) is 0 Å². The Kier molecular flexibility index (Phi) is 4.55. The Bertz CT molecular complexity index is 584. The molecular formula is C15H18BrN5. The number of likely N-dealkylation sites (tertiary alicyclic amines) is 1. The fourth-order valence-electron chi connectivity index (χ4n) is 2.65. The zero-order valence-corrected chi connectivity index (χ0v) is 13.6. The third-order valence-electron chi connectivity index (χ3n) is 3.73. The van der Waals surface area contributed by atoms with Crippen LogP contribution in [0.1, 0.15) is 42.5 Å². The molecule has 0 spiro atoms. The summed E-state index contributed by atoms with van der Waals surface area (Å²) in [6.45, 7) is 3.80. The summed E-state index contributed by atoms with van der Waals surface area (Å²) in [7, 11) is 0. The molecule has 5 nitrogen and oxygen atoms in total. The summed E-state index contributed by atoms with van der Waals surface area (Å²) in [5.74, 6) is 1.76. The van der Waals surface area contributed by atoms with E-state index in [4.69, 9.17) is 0 Å². The van der Waals surface area contributed by atoms with Gasteiger partial charge in [-0.2, -0.15) is 0 Å². The van der Waals surface area contributed by atoms with Crippen molar-refractivity contribution in [1.82, 2.24) is 24.8 Å². The Labute approximate surface area is 133 Å². The lowest BCUT2D eigenvalue weighted by molar-refractivity contribution is 0.130. The third-order valence-corrected chi connectivity index (χ3v) is 4.14. The maximum Gasteiger partial charge on any atom is 0.145 e. The number of hydrogen-bond acceptors (Lipinski definition) is 5. The summed E-state index contributed by atoms with van der Waals surface area (Å²) in [5, 5.41) is 0. The molecule has 3 heterocycles. The molecule has 2 aromatic rings. The van der Waals surface area contributed by atoms with Gasteiger partial charge in [0.15, 0.2) is 0 Å². The van der Waals surface area contributed by atoms with Crippen LogP contribution in [0, 0.1) is 6.92 Å². The zero-order chi connectivity index (χ0) is 14.7. The van der Waals surface area contributed by atoms with E-state index in [0.29, 0.717) is 0 Å². The standard InChI is InChI=1S/C15H18BrN5/c1-11-6-17-14(18-7-11)10-21-5-3-2-4-13(21)15-19-8-12(16)9-20-15/h6-9,13H,2-5,10H2,1H3. The average Bonchev–Trinajstić information content (AvgIpc) is 2.51. The van der Waals surface area contributed by atoms with Crippen molar-refractivity contribution < 1.29 is 0 Å². The molecule has 1 atom stereocenters. The third kappa shape index (κ3) is 3.63. The van der Waals surface area contributed by atoms with Crippen LogP contribution in [-0.2, 0) is 6.54 Å². The molecule has 1 unspecified atom stereocenters. The molecule has 0 amide bonds. The molecule has 0 radical (unpaired) electrons. The molecule has 1 aliphatic rings. The van der Waals surface area contributed by atoms with Gasteiger partial charge in [0.05, 0.1) is 17.1 Å². The van der Waals surface area contributed by atoms with Gasteiger partial charge >= 0.3 is 0 Å². The van der Waals surface area contributed by atoms with E-state index in [1.54, 1.807) is 0 Å². The van der Waals surface area contributed by atoms with Crippen molar-refractivity contribution in [2.24, 2.45) is 0 Å². The second-order valence-corrected chi connectivity index (χ2v) is 6.33. The minimum atomic E-state index is 0.261. The quantitative estimate of drug-likeness (QED) is 0.853. The van der Waals surface area contributed by atoms with E-state index >= 15 is 0 Å². The van der Waals surface area contributed by atoms with Gasteiger partial charge in [0.2, 0.25) is 0 Å². The first-order valence-electron chi connectivity index (χ1n) is 7.21. The van der Waals surface area contributed by atoms with Crippen molar-refractivity contribution in [3.8, 4) is 0 Å². The monoisotopic (exact) mass is 347 g/mol. The van der Waals surface area contributed by atoms with Gasteiger partial charge in [-0.05, 0) is 47.8 Å². The Balaban J connectivity index is 1.77. The van der Waals surface area contributed by atoms with Crippen molar-refractivity contribution >= 4 is 15.9 Å². The molecule has 0 N–H and O–H groups in total. The fourth-order valence-corrected chi connectivity index (χ4v) is 2.85. The zero-order valence-electron chi connectivity index (χ0n) is 12.0. The van der Waals surface area contributed by atoms with Crippen molar-refractivity contribution in [2.45, 2.75) is 38.8 Å². The second-order valence-electron chi connectivity index (χ2n) is 5.42. The SMILES string of the molecule is Cc1cnc(CN2CCCCC2c2ncc(Br)cn2)nc1. The minimum Gasteiger partial charge on any atom is -0.286 e. The van der Waals surface area contributed by atoms with Gasteiger partial charge in [-0.1, -0.05) is 6.42 Å². The van der Waals surface area contributed by atoms with E-state index in [9.17, 15) is 0 Å². The van der Waals surface area contributed by atoms with Gasteiger partial charge in [-0.3, -0.25) is 4.90 Å². The van der Waals surface area contributed by atoms with Crippen LogP contribution in [0.15, 0.2) is 29.3 Å². The number of aromatic nitrogens is 4. The second kappa shape index (κ2) is 6.58. The van der Waals surface area contributed by atoms with Crippen molar-refractivity contribution in [3.63, 3.8) is 0 Å². The van der Waals surface area contributed by atoms with E-state index < -0.39 is 0 Å². The Morgan fingerprint density at radius 2 is 1.81 bits per heavy atom. The predicted molar refractivity (Wildman–Crippen MR) is 83.5 cm³/mol. The molecule has 0 aliphatic carbocycles. The largest absolute Gasteiger partial charge is 0.286 e. The van der Waals surface area contributed by atoms with Crippen LogP contribution < -0.4 is 0 Å². The molecule has 110 valence electrons. The number of piperidine rings is 1. The highest BCUT2D eigenvalue weighted by Crippen LogP contribution is 2.29. The summed E-state index contributed by atoms with van der Waals surface area (Å²) >= 11 is 3.39. The summed E-state index contributed by atoms with van der Waals surface area (Å²) in [4.78, 5) is 20.1. The normalized spacial score (nSPS) is 19.6. The molecule has 6 heteroatoms. The first-order valence-corrected chi connectivity index (χ1v) is 8.01. The lowest BCUT2D eigenvalue weighted by atomic mass is 10.0. The topological polar surface area (TPSA) is 54.8 Å². The van der Waals surface area contributed by atoms with Crippen LogP contribution in [0.3, 0.4) is 0 Å². The molecule has 1 saturated heterocycles. The molecule has 0 bridgehead atoms. The van der Waals surface area contributed by atoms with Crippen LogP contribution in [0.25, 0.3) is 0 Å². The van der Waals surface area contributed by atoms with Crippen molar-refractivity contribution in [2.75, 3.05) is 6.54 Å². The van der Waals surface area contributed by atoms with Crippen LogP contribution >= 0.6 is 15.9 Å². The predicted octanol–water partition coefficient (Wildman–Crippen LogP) is 3.06. The van der Waals surface area contributed by atoms with Gasteiger partial charge in [0.25, 0.3) is 0 Å². The van der Waals surface area contributed by atoms with Gasteiger partial charge in [-0.15, -0.1) is 0 Å². The van der Waals surface area contributed by atoms with Gasteiger partial charge in [-0.25, -0.2) is 19.9 Å². The molecule has 3 rings (SSSR count). The Morgan fingerprint density at radius 1 is 1.10 bits per heavy atom. The Morgan fingerprint density at radius 3 is 2.52 bits per heavy atom. The number of hydrogen-bond donors (Lipinski definition) is 0. The average molecular weight is 348 g/mol. The molecule has 21 heavy (non-hydrogen) atoms.